The number of methoxy groups -OCH3 is 2. The Morgan fingerprint density at radius 2 is 1.70 bits per heavy atom. The van der Waals surface area contributed by atoms with Crippen molar-refractivity contribution in [2.45, 2.75) is 0 Å². The van der Waals surface area contributed by atoms with Gasteiger partial charge in [-0.3, -0.25) is 5.10 Å². The first-order valence-corrected chi connectivity index (χ1v) is 9.35. The summed E-state index contributed by atoms with van der Waals surface area (Å²) in [5, 5.41) is 19.6. The molecule has 1 aromatic heterocycles. The normalized spacial score (nSPS) is 10.3. The monoisotopic (exact) mass is 396 g/mol. The fraction of sp³-hybridized carbons (Fsp3) is 0.0833. The minimum atomic E-state index is 0.601. The first-order chi connectivity index (χ1) is 14.7. The number of ether oxygens (including phenoxy) is 2. The molecular formula is C24H20N4O2. The number of aromatic amines is 1. The summed E-state index contributed by atoms with van der Waals surface area (Å²) in [5.41, 5.74) is 5.27. The molecule has 4 rings (SSSR count). The van der Waals surface area contributed by atoms with E-state index in [-0.39, 0.29) is 0 Å². The maximum Gasteiger partial charge on any atom is 0.130 e. The van der Waals surface area contributed by atoms with Gasteiger partial charge in [0.1, 0.15) is 17.3 Å². The van der Waals surface area contributed by atoms with Crippen molar-refractivity contribution in [1.82, 2.24) is 10.2 Å². The third kappa shape index (κ3) is 3.96. The van der Waals surface area contributed by atoms with Gasteiger partial charge in [0, 0.05) is 28.9 Å². The van der Waals surface area contributed by atoms with Gasteiger partial charge in [0.2, 0.25) is 0 Å². The molecule has 0 aliphatic carbocycles. The van der Waals surface area contributed by atoms with Crippen molar-refractivity contribution < 1.29 is 9.47 Å². The molecule has 0 radical (unpaired) electrons. The molecular weight excluding hydrogens is 376 g/mol. The highest BCUT2D eigenvalue weighted by atomic mass is 16.5. The van der Waals surface area contributed by atoms with E-state index in [1.165, 1.54) is 0 Å². The summed E-state index contributed by atoms with van der Waals surface area (Å²) in [7, 11) is 3.29. The second-order valence-electron chi connectivity index (χ2n) is 6.63. The molecule has 6 nitrogen and oxygen atoms in total. The van der Waals surface area contributed by atoms with Crippen molar-refractivity contribution in [1.29, 1.82) is 5.26 Å². The molecule has 30 heavy (non-hydrogen) atoms. The second-order valence-corrected chi connectivity index (χ2v) is 6.63. The predicted octanol–water partition coefficient (Wildman–Crippen LogP) is 5.38. The van der Waals surface area contributed by atoms with Crippen molar-refractivity contribution in [2.24, 2.45) is 0 Å². The Morgan fingerprint density at radius 3 is 2.43 bits per heavy atom. The number of aromatic nitrogens is 2. The molecule has 0 saturated carbocycles. The van der Waals surface area contributed by atoms with Gasteiger partial charge in [-0.05, 0) is 35.9 Å². The van der Waals surface area contributed by atoms with Crippen LogP contribution in [0, 0.1) is 11.3 Å². The van der Waals surface area contributed by atoms with Crippen LogP contribution in [0.3, 0.4) is 0 Å². The fourth-order valence-corrected chi connectivity index (χ4v) is 3.21. The Hall–Kier alpha value is -4.24. The first kappa shape index (κ1) is 19.1. The zero-order chi connectivity index (χ0) is 20.9. The Labute approximate surface area is 174 Å². The summed E-state index contributed by atoms with van der Waals surface area (Å²) in [4.78, 5) is 0. The minimum absolute atomic E-state index is 0.601. The Kier molecular flexibility index (Phi) is 5.35. The summed E-state index contributed by atoms with van der Waals surface area (Å²) >= 11 is 0. The smallest absolute Gasteiger partial charge is 0.130 e. The summed E-state index contributed by atoms with van der Waals surface area (Å²) in [6.45, 7) is 0. The van der Waals surface area contributed by atoms with E-state index in [1.807, 2.05) is 60.7 Å². The highest BCUT2D eigenvalue weighted by molar-refractivity contribution is 5.75. The van der Waals surface area contributed by atoms with Crippen LogP contribution in [0.25, 0.3) is 22.4 Å². The summed E-state index contributed by atoms with van der Waals surface area (Å²) in [5.74, 6) is 2.26. The number of H-pyrrole nitrogens is 1. The van der Waals surface area contributed by atoms with E-state index in [2.05, 4.69) is 21.6 Å². The number of anilines is 2. The molecule has 0 spiro atoms. The third-order valence-electron chi connectivity index (χ3n) is 4.75. The Morgan fingerprint density at radius 1 is 0.900 bits per heavy atom. The highest BCUT2D eigenvalue weighted by Gasteiger charge is 2.09. The quantitative estimate of drug-likeness (QED) is 0.457. The van der Waals surface area contributed by atoms with Gasteiger partial charge in [0.25, 0.3) is 0 Å². The van der Waals surface area contributed by atoms with Crippen molar-refractivity contribution in [3.05, 3.63) is 78.4 Å². The number of benzene rings is 3. The predicted molar refractivity (Wildman–Crippen MR) is 117 cm³/mol. The molecule has 0 amide bonds. The van der Waals surface area contributed by atoms with Gasteiger partial charge in [-0.1, -0.05) is 30.3 Å². The fourth-order valence-electron chi connectivity index (χ4n) is 3.21. The van der Waals surface area contributed by atoms with Crippen LogP contribution in [0.2, 0.25) is 0 Å². The SMILES string of the molecule is COc1ccc(-c2ccc(-c3cc(Nc4cccc(C#N)c4)[nH]n3)cc2)c(OC)c1. The van der Waals surface area contributed by atoms with Crippen molar-refractivity contribution in [2.75, 3.05) is 19.5 Å². The van der Waals surface area contributed by atoms with Crippen LogP contribution in [-0.2, 0) is 0 Å². The molecule has 6 heteroatoms. The molecule has 0 atom stereocenters. The van der Waals surface area contributed by atoms with Crippen LogP contribution in [-0.4, -0.2) is 24.4 Å². The van der Waals surface area contributed by atoms with Crippen LogP contribution in [0.15, 0.2) is 72.8 Å². The molecule has 2 N–H and O–H groups in total. The van der Waals surface area contributed by atoms with Gasteiger partial charge in [-0.15, -0.1) is 0 Å². The summed E-state index contributed by atoms with van der Waals surface area (Å²) < 4.78 is 10.8. The molecule has 4 aromatic rings. The molecule has 148 valence electrons. The van der Waals surface area contributed by atoms with E-state index >= 15 is 0 Å². The van der Waals surface area contributed by atoms with Crippen LogP contribution < -0.4 is 14.8 Å². The average molecular weight is 396 g/mol. The van der Waals surface area contributed by atoms with E-state index < -0.39 is 0 Å². The molecule has 0 fully saturated rings. The average Bonchev–Trinajstić information content (AvgIpc) is 3.27. The van der Waals surface area contributed by atoms with Crippen molar-refractivity contribution in [3.8, 4) is 40.0 Å². The zero-order valence-electron chi connectivity index (χ0n) is 16.6. The van der Waals surface area contributed by atoms with Gasteiger partial charge in [0.15, 0.2) is 0 Å². The standard InChI is InChI=1S/C24H20N4O2/c1-29-20-10-11-21(23(13-20)30-2)17-6-8-18(9-7-17)22-14-24(28-27-22)26-19-5-3-4-16(12-19)15-25/h3-14H,1-2H3,(H2,26,27,28). The molecule has 0 aliphatic rings. The van der Waals surface area contributed by atoms with E-state index in [9.17, 15) is 0 Å². The number of nitriles is 1. The molecule has 0 bridgehead atoms. The summed E-state index contributed by atoms with van der Waals surface area (Å²) in [6, 6.07) is 25.3. The Balaban J connectivity index is 1.55. The number of nitrogens with zero attached hydrogens (tertiary/aromatic N) is 2. The molecule has 0 aliphatic heterocycles. The van der Waals surface area contributed by atoms with Crippen molar-refractivity contribution in [3.63, 3.8) is 0 Å². The zero-order valence-corrected chi connectivity index (χ0v) is 16.6. The topological polar surface area (TPSA) is 83.0 Å². The van der Waals surface area contributed by atoms with E-state index in [4.69, 9.17) is 14.7 Å². The van der Waals surface area contributed by atoms with Crippen LogP contribution in [0.4, 0.5) is 11.5 Å². The van der Waals surface area contributed by atoms with Crippen LogP contribution in [0.5, 0.6) is 11.5 Å². The van der Waals surface area contributed by atoms with E-state index in [0.717, 1.165) is 45.4 Å². The third-order valence-corrected chi connectivity index (χ3v) is 4.75. The molecule has 0 unspecified atom stereocenters. The lowest BCUT2D eigenvalue weighted by atomic mass is 10.0. The van der Waals surface area contributed by atoms with Crippen LogP contribution >= 0.6 is 0 Å². The van der Waals surface area contributed by atoms with Gasteiger partial charge < -0.3 is 14.8 Å². The van der Waals surface area contributed by atoms with Gasteiger partial charge in [-0.2, -0.15) is 10.4 Å². The first-order valence-electron chi connectivity index (χ1n) is 9.35. The minimum Gasteiger partial charge on any atom is -0.497 e. The van der Waals surface area contributed by atoms with Crippen LogP contribution in [0.1, 0.15) is 5.56 Å². The lowest BCUT2D eigenvalue weighted by Gasteiger charge is -2.11. The van der Waals surface area contributed by atoms with Gasteiger partial charge in [0.05, 0.1) is 31.5 Å². The number of hydrogen-bond acceptors (Lipinski definition) is 5. The lowest BCUT2D eigenvalue weighted by molar-refractivity contribution is 0.395. The van der Waals surface area contributed by atoms with Gasteiger partial charge >= 0.3 is 0 Å². The highest BCUT2D eigenvalue weighted by Crippen LogP contribution is 2.34. The Bertz CT molecular complexity index is 1210. The second kappa shape index (κ2) is 8.41. The lowest BCUT2D eigenvalue weighted by Crippen LogP contribution is -1.90. The molecule has 3 aromatic carbocycles. The number of rotatable bonds is 6. The molecule has 0 saturated heterocycles. The van der Waals surface area contributed by atoms with E-state index in [1.54, 1.807) is 26.4 Å². The van der Waals surface area contributed by atoms with Gasteiger partial charge in [-0.25, -0.2) is 0 Å². The maximum absolute atomic E-state index is 9.03. The number of nitrogens with one attached hydrogen (secondary N) is 2. The maximum atomic E-state index is 9.03. The van der Waals surface area contributed by atoms with Crippen molar-refractivity contribution >= 4 is 11.5 Å². The number of hydrogen-bond donors (Lipinski definition) is 2. The summed E-state index contributed by atoms with van der Waals surface area (Å²) in [6.07, 6.45) is 0. The van der Waals surface area contributed by atoms with E-state index in [0.29, 0.717) is 5.56 Å². The molecule has 1 heterocycles. The largest absolute Gasteiger partial charge is 0.497 e.